The predicted molar refractivity (Wildman–Crippen MR) is 53.8 cm³/mol. The van der Waals surface area contributed by atoms with Crippen molar-refractivity contribution in [2.24, 2.45) is 11.8 Å². The normalized spacial score (nSPS) is 29.1. The summed E-state index contributed by atoms with van der Waals surface area (Å²) in [6, 6.07) is 0. The van der Waals surface area contributed by atoms with Crippen LogP contribution in [0.1, 0.15) is 32.1 Å². The third-order valence-corrected chi connectivity index (χ3v) is 3.12. The fourth-order valence-corrected chi connectivity index (χ4v) is 1.95. The Bertz CT molecular complexity index is 139. The van der Waals surface area contributed by atoms with E-state index in [4.69, 9.17) is 4.74 Å². The summed E-state index contributed by atoms with van der Waals surface area (Å²) in [6.07, 6.45) is 6.84. The molecule has 0 amide bonds. The molecule has 2 heteroatoms. The number of hydrogen-bond acceptors (Lipinski definition) is 2. The lowest BCUT2D eigenvalue weighted by molar-refractivity contribution is 0.107. The molecule has 2 fully saturated rings. The maximum absolute atomic E-state index is 5.63. The molecule has 1 saturated heterocycles. The topological polar surface area (TPSA) is 21.3 Å². The molecule has 0 aromatic heterocycles. The monoisotopic (exact) mass is 183 g/mol. The zero-order valence-corrected chi connectivity index (χ0v) is 8.43. The Morgan fingerprint density at radius 1 is 1.15 bits per heavy atom. The molecule has 1 atom stereocenters. The van der Waals surface area contributed by atoms with Gasteiger partial charge in [-0.3, -0.25) is 0 Å². The van der Waals surface area contributed by atoms with E-state index in [-0.39, 0.29) is 0 Å². The van der Waals surface area contributed by atoms with E-state index in [1.165, 1.54) is 45.2 Å². The molecule has 13 heavy (non-hydrogen) atoms. The van der Waals surface area contributed by atoms with Crippen LogP contribution in [0.25, 0.3) is 0 Å². The molecule has 0 radical (unpaired) electrons. The van der Waals surface area contributed by atoms with Crippen molar-refractivity contribution in [3.63, 3.8) is 0 Å². The summed E-state index contributed by atoms with van der Waals surface area (Å²) in [5, 5.41) is 3.44. The van der Waals surface area contributed by atoms with Crippen LogP contribution in [-0.4, -0.2) is 26.3 Å². The summed E-state index contributed by atoms with van der Waals surface area (Å²) in [5.41, 5.74) is 0. The van der Waals surface area contributed by atoms with Gasteiger partial charge in [0.2, 0.25) is 0 Å². The van der Waals surface area contributed by atoms with E-state index >= 15 is 0 Å². The summed E-state index contributed by atoms with van der Waals surface area (Å²) in [6.45, 7) is 4.45. The second kappa shape index (κ2) is 4.97. The first kappa shape index (κ1) is 9.47. The van der Waals surface area contributed by atoms with Crippen LogP contribution in [0.2, 0.25) is 0 Å². The summed E-state index contributed by atoms with van der Waals surface area (Å²) in [7, 11) is 0. The molecule has 1 aliphatic carbocycles. The first-order valence-corrected chi connectivity index (χ1v) is 5.73. The lowest BCUT2D eigenvalue weighted by atomic mass is 9.97. The minimum atomic E-state index is 0.882. The molecular formula is C11H21NO. The Labute approximate surface area is 81.0 Å². The first-order chi connectivity index (χ1) is 6.45. The molecule has 2 aliphatic rings. The molecule has 2 rings (SSSR count). The van der Waals surface area contributed by atoms with Gasteiger partial charge >= 0.3 is 0 Å². The molecule has 1 saturated carbocycles. The standard InChI is InChI=1S/C11H21NO/c1-2-10(8-12-6-1)5-7-13-9-11-3-4-11/h10-12H,1-9H2. The third-order valence-electron chi connectivity index (χ3n) is 3.12. The van der Waals surface area contributed by atoms with Gasteiger partial charge in [-0.25, -0.2) is 0 Å². The highest BCUT2D eigenvalue weighted by Gasteiger charge is 2.21. The Balaban J connectivity index is 1.46. The van der Waals surface area contributed by atoms with Crippen LogP contribution >= 0.6 is 0 Å². The molecule has 0 spiro atoms. The molecule has 0 bridgehead atoms. The van der Waals surface area contributed by atoms with E-state index in [0.29, 0.717) is 0 Å². The van der Waals surface area contributed by atoms with Gasteiger partial charge in [-0.2, -0.15) is 0 Å². The van der Waals surface area contributed by atoms with E-state index in [0.717, 1.165) is 25.0 Å². The minimum Gasteiger partial charge on any atom is -0.381 e. The zero-order chi connectivity index (χ0) is 8.93. The lowest BCUT2D eigenvalue weighted by Gasteiger charge is -2.22. The van der Waals surface area contributed by atoms with Crippen LogP contribution in [0.4, 0.5) is 0 Å². The van der Waals surface area contributed by atoms with Crippen LogP contribution in [0.3, 0.4) is 0 Å². The van der Waals surface area contributed by atoms with Gasteiger partial charge in [0.05, 0.1) is 0 Å². The average Bonchev–Trinajstić information content (AvgIpc) is 2.98. The highest BCUT2D eigenvalue weighted by molar-refractivity contribution is 4.72. The first-order valence-electron chi connectivity index (χ1n) is 5.73. The fourth-order valence-electron chi connectivity index (χ4n) is 1.95. The fraction of sp³-hybridized carbons (Fsp3) is 1.00. The maximum Gasteiger partial charge on any atom is 0.0494 e. The van der Waals surface area contributed by atoms with Crippen molar-refractivity contribution in [2.75, 3.05) is 26.3 Å². The molecule has 2 nitrogen and oxygen atoms in total. The van der Waals surface area contributed by atoms with Gasteiger partial charge in [-0.05, 0) is 57.0 Å². The van der Waals surface area contributed by atoms with Crippen molar-refractivity contribution >= 4 is 0 Å². The van der Waals surface area contributed by atoms with Gasteiger partial charge < -0.3 is 10.1 Å². The van der Waals surface area contributed by atoms with Crippen LogP contribution in [0.5, 0.6) is 0 Å². The van der Waals surface area contributed by atoms with Crippen molar-refractivity contribution < 1.29 is 4.74 Å². The summed E-state index contributed by atoms with van der Waals surface area (Å²) >= 11 is 0. The predicted octanol–water partition coefficient (Wildman–Crippen LogP) is 1.80. The van der Waals surface area contributed by atoms with E-state index < -0.39 is 0 Å². The molecule has 1 unspecified atom stereocenters. The second-order valence-electron chi connectivity index (χ2n) is 4.52. The number of rotatable bonds is 5. The summed E-state index contributed by atoms with van der Waals surface area (Å²) in [4.78, 5) is 0. The molecule has 0 aromatic rings. The van der Waals surface area contributed by atoms with Gasteiger partial charge in [0, 0.05) is 13.2 Å². The number of ether oxygens (including phenoxy) is 1. The second-order valence-corrected chi connectivity index (χ2v) is 4.52. The third kappa shape index (κ3) is 3.65. The van der Waals surface area contributed by atoms with E-state index in [2.05, 4.69) is 5.32 Å². The van der Waals surface area contributed by atoms with E-state index in [9.17, 15) is 0 Å². The van der Waals surface area contributed by atoms with Crippen molar-refractivity contribution in [3.8, 4) is 0 Å². The van der Waals surface area contributed by atoms with Gasteiger partial charge in [0.25, 0.3) is 0 Å². The van der Waals surface area contributed by atoms with Gasteiger partial charge in [-0.15, -0.1) is 0 Å². The molecule has 1 heterocycles. The van der Waals surface area contributed by atoms with Crippen molar-refractivity contribution in [1.29, 1.82) is 0 Å². The van der Waals surface area contributed by atoms with Crippen LogP contribution in [0.15, 0.2) is 0 Å². The molecule has 1 N–H and O–H groups in total. The molecule has 76 valence electrons. The number of nitrogens with one attached hydrogen (secondary N) is 1. The Morgan fingerprint density at radius 2 is 2.08 bits per heavy atom. The van der Waals surface area contributed by atoms with E-state index in [1.54, 1.807) is 0 Å². The quantitative estimate of drug-likeness (QED) is 0.656. The van der Waals surface area contributed by atoms with Crippen molar-refractivity contribution in [3.05, 3.63) is 0 Å². The van der Waals surface area contributed by atoms with Crippen LogP contribution in [0, 0.1) is 11.8 Å². The van der Waals surface area contributed by atoms with Crippen molar-refractivity contribution in [2.45, 2.75) is 32.1 Å². The average molecular weight is 183 g/mol. The SMILES string of the molecule is C1CNCC(CCOCC2CC2)C1. The Hall–Kier alpha value is -0.0800. The summed E-state index contributed by atoms with van der Waals surface area (Å²) < 4.78 is 5.63. The maximum atomic E-state index is 5.63. The van der Waals surface area contributed by atoms with E-state index in [1.807, 2.05) is 0 Å². The zero-order valence-electron chi connectivity index (χ0n) is 8.43. The minimum absolute atomic E-state index is 0.882. The smallest absolute Gasteiger partial charge is 0.0494 e. The highest BCUT2D eigenvalue weighted by atomic mass is 16.5. The van der Waals surface area contributed by atoms with Gasteiger partial charge in [0.1, 0.15) is 0 Å². The molecule has 1 aliphatic heterocycles. The summed E-state index contributed by atoms with van der Waals surface area (Å²) in [5.74, 6) is 1.80. The number of piperidine rings is 1. The number of hydrogen-bond donors (Lipinski definition) is 1. The van der Waals surface area contributed by atoms with Crippen LogP contribution in [-0.2, 0) is 4.74 Å². The van der Waals surface area contributed by atoms with Crippen LogP contribution < -0.4 is 5.32 Å². The Kier molecular flexibility index (Phi) is 3.62. The lowest BCUT2D eigenvalue weighted by Crippen LogP contribution is -2.30. The van der Waals surface area contributed by atoms with Crippen molar-refractivity contribution in [1.82, 2.24) is 5.32 Å². The largest absolute Gasteiger partial charge is 0.381 e. The Morgan fingerprint density at radius 3 is 2.77 bits per heavy atom. The highest BCUT2D eigenvalue weighted by Crippen LogP contribution is 2.28. The molecular weight excluding hydrogens is 162 g/mol. The molecule has 0 aromatic carbocycles. The van der Waals surface area contributed by atoms with Gasteiger partial charge in [0.15, 0.2) is 0 Å². The van der Waals surface area contributed by atoms with Gasteiger partial charge in [-0.1, -0.05) is 0 Å².